The number of hydrogen-bond acceptors (Lipinski definition) is 3. The molecule has 0 aliphatic rings. The largest absolute Gasteiger partial charge is 0.506 e. The van der Waals surface area contributed by atoms with E-state index in [1.807, 2.05) is 0 Å². The number of hydrogen-bond donors (Lipinski definition) is 2. The van der Waals surface area contributed by atoms with Gasteiger partial charge in [0, 0.05) is 12.1 Å². The van der Waals surface area contributed by atoms with Crippen molar-refractivity contribution in [2.45, 2.75) is 13.0 Å². The lowest BCUT2D eigenvalue weighted by molar-refractivity contribution is 0.408. The first-order valence-corrected chi connectivity index (χ1v) is 5.80. The second-order valence-electron chi connectivity index (χ2n) is 3.34. The maximum absolute atomic E-state index is 11.9. The zero-order chi connectivity index (χ0) is 12.0. The van der Waals surface area contributed by atoms with Gasteiger partial charge in [-0.05, 0) is 41.0 Å². The minimum Gasteiger partial charge on any atom is -0.506 e. The highest BCUT2D eigenvalue weighted by Crippen LogP contribution is 2.32. The van der Waals surface area contributed by atoms with Gasteiger partial charge in [-0.3, -0.25) is 4.39 Å². The van der Waals surface area contributed by atoms with Crippen LogP contribution < -0.4 is 10.1 Å². The molecule has 0 atom stereocenters. The van der Waals surface area contributed by atoms with Crippen LogP contribution in [0, 0.1) is 0 Å². The van der Waals surface area contributed by atoms with Crippen molar-refractivity contribution in [1.82, 2.24) is 5.32 Å². The van der Waals surface area contributed by atoms with Crippen molar-refractivity contribution in [1.29, 1.82) is 0 Å². The summed E-state index contributed by atoms with van der Waals surface area (Å²) in [6.07, 6.45) is 0.478. The van der Waals surface area contributed by atoms with E-state index >= 15 is 0 Å². The highest BCUT2D eigenvalue weighted by molar-refractivity contribution is 9.10. The van der Waals surface area contributed by atoms with E-state index in [2.05, 4.69) is 21.2 Å². The average molecular weight is 292 g/mol. The van der Waals surface area contributed by atoms with Crippen LogP contribution in [0.15, 0.2) is 16.6 Å². The predicted molar refractivity (Wildman–Crippen MR) is 64.7 cm³/mol. The van der Waals surface area contributed by atoms with Gasteiger partial charge in [0.25, 0.3) is 0 Å². The molecule has 90 valence electrons. The molecule has 1 aromatic rings. The molecule has 1 aromatic carbocycles. The summed E-state index contributed by atoms with van der Waals surface area (Å²) in [6, 6.07) is 3.45. The van der Waals surface area contributed by atoms with Crippen LogP contribution in [-0.2, 0) is 6.54 Å². The fourth-order valence-corrected chi connectivity index (χ4v) is 1.78. The number of halogens is 2. The van der Waals surface area contributed by atoms with Crippen LogP contribution in [0.25, 0.3) is 0 Å². The third-order valence-electron chi connectivity index (χ3n) is 2.15. The second kappa shape index (κ2) is 6.70. The van der Waals surface area contributed by atoms with Gasteiger partial charge in [0.2, 0.25) is 0 Å². The molecule has 0 amide bonds. The lowest BCUT2D eigenvalue weighted by atomic mass is 10.2. The summed E-state index contributed by atoms with van der Waals surface area (Å²) in [7, 11) is 1.57. The van der Waals surface area contributed by atoms with Crippen molar-refractivity contribution in [3.8, 4) is 11.5 Å². The van der Waals surface area contributed by atoms with Gasteiger partial charge in [0.15, 0.2) is 0 Å². The topological polar surface area (TPSA) is 41.5 Å². The summed E-state index contributed by atoms with van der Waals surface area (Å²) in [4.78, 5) is 0. The van der Waals surface area contributed by atoms with Crippen LogP contribution in [0.5, 0.6) is 11.5 Å². The van der Waals surface area contributed by atoms with Crippen molar-refractivity contribution in [2.75, 3.05) is 20.3 Å². The highest BCUT2D eigenvalue weighted by Gasteiger charge is 2.08. The molecule has 3 nitrogen and oxygen atoms in total. The van der Waals surface area contributed by atoms with Gasteiger partial charge >= 0.3 is 0 Å². The van der Waals surface area contributed by atoms with Crippen molar-refractivity contribution in [2.24, 2.45) is 0 Å². The van der Waals surface area contributed by atoms with Crippen LogP contribution >= 0.6 is 15.9 Å². The number of nitrogens with one attached hydrogen (secondary N) is 1. The van der Waals surface area contributed by atoms with Crippen LogP contribution in [0.1, 0.15) is 12.0 Å². The number of methoxy groups -OCH3 is 1. The van der Waals surface area contributed by atoms with Crippen molar-refractivity contribution < 1.29 is 14.2 Å². The predicted octanol–water partition coefficient (Wildman–Crippen LogP) is 2.61. The number of rotatable bonds is 6. The van der Waals surface area contributed by atoms with E-state index in [9.17, 15) is 9.50 Å². The van der Waals surface area contributed by atoms with E-state index in [1.165, 1.54) is 0 Å². The summed E-state index contributed by atoms with van der Waals surface area (Å²) in [6.45, 7) is 0.743. The summed E-state index contributed by atoms with van der Waals surface area (Å²) < 4.78 is 17.5. The molecule has 0 spiro atoms. The minimum atomic E-state index is -0.333. The Labute approximate surface area is 103 Å². The standard InChI is InChI=1S/C11H15BrFNO2/c1-16-9-5-8(7-14-4-2-3-13)11(15)10(12)6-9/h5-6,14-15H,2-4,7H2,1H3. The van der Waals surface area contributed by atoms with Crippen LogP contribution in [-0.4, -0.2) is 25.4 Å². The number of phenols is 1. The monoisotopic (exact) mass is 291 g/mol. The Balaban J connectivity index is 2.66. The van der Waals surface area contributed by atoms with E-state index in [0.29, 0.717) is 29.7 Å². The van der Waals surface area contributed by atoms with Gasteiger partial charge < -0.3 is 15.2 Å². The van der Waals surface area contributed by atoms with Crippen LogP contribution in [0.3, 0.4) is 0 Å². The molecule has 2 N–H and O–H groups in total. The van der Waals surface area contributed by atoms with E-state index in [4.69, 9.17) is 4.74 Å². The zero-order valence-corrected chi connectivity index (χ0v) is 10.7. The molecule has 1 rings (SSSR count). The molecule has 0 aliphatic carbocycles. The smallest absolute Gasteiger partial charge is 0.134 e. The first-order valence-electron chi connectivity index (χ1n) is 5.01. The lowest BCUT2D eigenvalue weighted by Gasteiger charge is -2.10. The normalized spacial score (nSPS) is 10.4. The number of phenolic OH excluding ortho intramolecular Hbond substituents is 1. The quantitative estimate of drug-likeness (QED) is 0.792. The van der Waals surface area contributed by atoms with E-state index < -0.39 is 0 Å². The molecule has 5 heteroatoms. The molecule has 16 heavy (non-hydrogen) atoms. The van der Waals surface area contributed by atoms with E-state index in [-0.39, 0.29) is 12.4 Å². The second-order valence-corrected chi connectivity index (χ2v) is 4.19. The Morgan fingerprint density at radius 2 is 2.25 bits per heavy atom. The van der Waals surface area contributed by atoms with Crippen molar-refractivity contribution in [3.05, 3.63) is 22.2 Å². The van der Waals surface area contributed by atoms with Crippen molar-refractivity contribution >= 4 is 15.9 Å². The summed E-state index contributed by atoms with van der Waals surface area (Å²) in [5.74, 6) is 0.862. The molecule has 0 saturated carbocycles. The van der Waals surface area contributed by atoms with Crippen LogP contribution in [0.2, 0.25) is 0 Å². The minimum absolute atomic E-state index is 0.188. The Kier molecular flexibility index (Phi) is 5.55. The maximum atomic E-state index is 11.9. The molecule has 0 radical (unpaired) electrons. The first kappa shape index (κ1) is 13.3. The Hall–Kier alpha value is -0.810. The molecular weight excluding hydrogens is 277 g/mol. The third kappa shape index (κ3) is 3.64. The van der Waals surface area contributed by atoms with Gasteiger partial charge in [-0.1, -0.05) is 0 Å². The number of benzene rings is 1. The Morgan fingerprint density at radius 3 is 2.88 bits per heavy atom. The fraction of sp³-hybridized carbons (Fsp3) is 0.455. The molecule has 0 heterocycles. The number of ether oxygens (including phenoxy) is 1. The van der Waals surface area contributed by atoms with E-state index in [0.717, 1.165) is 5.56 Å². The lowest BCUT2D eigenvalue weighted by Crippen LogP contribution is -2.15. The number of aromatic hydroxyl groups is 1. The first-order chi connectivity index (χ1) is 7.69. The molecular formula is C11H15BrFNO2. The van der Waals surface area contributed by atoms with Gasteiger partial charge in [-0.15, -0.1) is 0 Å². The highest BCUT2D eigenvalue weighted by atomic mass is 79.9. The third-order valence-corrected chi connectivity index (χ3v) is 2.76. The molecule has 0 unspecified atom stereocenters. The Morgan fingerprint density at radius 1 is 1.50 bits per heavy atom. The van der Waals surface area contributed by atoms with Gasteiger partial charge in [-0.2, -0.15) is 0 Å². The summed E-state index contributed by atoms with van der Waals surface area (Å²) >= 11 is 3.24. The van der Waals surface area contributed by atoms with Gasteiger partial charge in [-0.25, -0.2) is 0 Å². The maximum Gasteiger partial charge on any atom is 0.134 e. The average Bonchev–Trinajstić information content (AvgIpc) is 2.29. The molecule has 0 saturated heterocycles. The van der Waals surface area contributed by atoms with Crippen molar-refractivity contribution in [3.63, 3.8) is 0 Å². The zero-order valence-electron chi connectivity index (χ0n) is 9.09. The van der Waals surface area contributed by atoms with Gasteiger partial charge in [0.05, 0.1) is 18.3 Å². The van der Waals surface area contributed by atoms with Gasteiger partial charge in [0.1, 0.15) is 11.5 Å². The molecule has 0 bridgehead atoms. The fourth-order valence-electron chi connectivity index (χ4n) is 1.30. The summed E-state index contributed by atoms with van der Waals surface area (Å²) in [5, 5.41) is 12.8. The Bertz CT molecular complexity index is 347. The summed E-state index contributed by atoms with van der Waals surface area (Å²) in [5.41, 5.74) is 0.727. The number of alkyl halides is 1. The molecule has 0 aliphatic heterocycles. The molecule has 0 aromatic heterocycles. The SMILES string of the molecule is COc1cc(Br)c(O)c(CNCCCF)c1. The molecule has 0 fully saturated rings. The van der Waals surface area contributed by atoms with Crippen LogP contribution in [0.4, 0.5) is 4.39 Å². The van der Waals surface area contributed by atoms with E-state index in [1.54, 1.807) is 19.2 Å².